The van der Waals surface area contributed by atoms with E-state index in [1.807, 2.05) is 18.2 Å². The molecule has 0 fully saturated rings. The van der Waals surface area contributed by atoms with Gasteiger partial charge in [-0.15, -0.1) is 0 Å². The predicted molar refractivity (Wildman–Crippen MR) is 253 cm³/mol. The van der Waals surface area contributed by atoms with Crippen LogP contribution in [-0.4, -0.2) is 0 Å². The lowest BCUT2D eigenvalue weighted by Crippen LogP contribution is -2.10. The number of fused-ring (bicyclic) bond motifs is 3. The van der Waals surface area contributed by atoms with E-state index in [1.165, 1.54) is 60.5 Å². The highest BCUT2D eigenvalue weighted by Crippen LogP contribution is 2.45. The topological polar surface area (TPSA) is 16.4 Å². The first kappa shape index (κ1) is 35.2. The Morgan fingerprint density at radius 1 is 0.283 bits per heavy atom. The van der Waals surface area contributed by atoms with Gasteiger partial charge in [0.25, 0.3) is 0 Å². The summed E-state index contributed by atoms with van der Waals surface area (Å²) in [5, 5.41) is 5.88. The Bertz CT molecular complexity index is 3290. The fourth-order valence-corrected chi connectivity index (χ4v) is 8.78. The van der Waals surface area contributed by atoms with Crippen molar-refractivity contribution in [3.05, 3.63) is 237 Å². The first-order valence-electron chi connectivity index (χ1n) is 20.5. The van der Waals surface area contributed by atoms with Gasteiger partial charge in [-0.3, -0.25) is 0 Å². The number of nitrogens with zero attached hydrogens (tertiary/aromatic N) is 1. The Labute approximate surface area is 349 Å². The molecule has 0 radical (unpaired) electrons. The van der Waals surface area contributed by atoms with Crippen LogP contribution in [0.15, 0.2) is 241 Å². The van der Waals surface area contributed by atoms with Gasteiger partial charge in [-0.2, -0.15) is 0 Å². The van der Waals surface area contributed by atoms with Crippen molar-refractivity contribution in [2.75, 3.05) is 4.90 Å². The fourth-order valence-electron chi connectivity index (χ4n) is 8.78. The highest BCUT2D eigenvalue weighted by Gasteiger charge is 2.19. The molecule has 0 saturated heterocycles. The van der Waals surface area contributed by atoms with Crippen molar-refractivity contribution in [2.24, 2.45) is 0 Å². The van der Waals surface area contributed by atoms with Gasteiger partial charge in [0.2, 0.25) is 0 Å². The molecule has 11 rings (SSSR count). The molecule has 0 aliphatic heterocycles. The Balaban J connectivity index is 1.03. The van der Waals surface area contributed by atoms with Crippen LogP contribution in [0.3, 0.4) is 0 Å². The van der Waals surface area contributed by atoms with E-state index >= 15 is 0 Å². The third-order valence-electron chi connectivity index (χ3n) is 11.7. The molecule has 2 nitrogen and oxygen atoms in total. The maximum absolute atomic E-state index is 6.29. The fraction of sp³-hybridized carbons (Fsp3) is 0. The van der Waals surface area contributed by atoms with E-state index in [4.69, 9.17) is 4.42 Å². The van der Waals surface area contributed by atoms with E-state index in [-0.39, 0.29) is 0 Å². The molecule has 11 aromatic rings. The second kappa shape index (κ2) is 15.1. The quantitative estimate of drug-likeness (QED) is 0.153. The molecule has 2 heteroatoms. The molecule has 10 aromatic carbocycles. The molecule has 60 heavy (non-hydrogen) atoms. The first-order valence-corrected chi connectivity index (χ1v) is 20.5. The van der Waals surface area contributed by atoms with Crippen molar-refractivity contribution in [3.8, 4) is 55.8 Å². The molecule has 1 heterocycles. The van der Waals surface area contributed by atoms with Gasteiger partial charge in [-0.25, -0.2) is 0 Å². The van der Waals surface area contributed by atoms with E-state index in [9.17, 15) is 0 Å². The van der Waals surface area contributed by atoms with Gasteiger partial charge in [-0.05, 0) is 109 Å². The van der Waals surface area contributed by atoms with Crippen molar-refractivity contribution in [2.45, 2.75) is 0 Å². The molecular formula is C58H39NO. The molecule has 282 valence electrons. The van der Waals surface area contributed by atoms with Crippen LogP contribution < -0.4 is 4.90 Å². The van der Waals surface area contributed by atoms with Gasteiger partial charge in [0.1, 0.15) is 11.3 Å². The maximum Gasteiger partial charge on any atom is 0.135 e. The monoisotopic (exact) mass is 765 g/mol. The van der Waals surface area contributed by atoms with Crippen LogP contribution in [0.25, 0.3) is 88.3 Å². The summed E-state index contributed by atoms with van der Waals surface area (Å²) in [5.74, 6) is 0.868. The SMILES string of the molecule is c1ccc(-c2ccccc2-c2ccccc2-c2ccc(N(c3ccc4ccccc4c3)c3ccc(-c4cccc(-c5cc6ccccc6o5)c4)c4ccccc34)cc2)cc1. The number of benzene rings is 10. The molecule has 0 atom stereocenters. The van der Waals surface area contributed by atoms with E-state index in [1.54, 1.807) is 0 Å². The van der Waals surface area contributed by atoms with Crippen molar-refractivity contribution in [1.82, 2.24) is 0 Å². The van der Waals surface area contributed by atoms with Gasteiger partial charge >= 0.3 is 0 Å². The molecule has 0 bridgehead atoms. The molecule has 0 amide bonds. The summed E-state index contributed by atoms with van der Waals surface area (Å²) < 4.78 is 6.29. The lowest BCUT2D eigenvalue weighted by Gasteiger charge is -2.28. The lowest BCUT2D eigenvalue weighted by molar-refractivity contribution is 0.631. The van der Waals surface area contributed by atoms with Crippen molar-refractivity contribution in [3.63, 3.8) is 0 Å². The molecule has 0 spiro atoms. The molecule has 0 N–H and O–H groups in total. The zero-order valence-electron chi connectivity index (χ0n) is 32.9. The van der Waals surface area contributed by atoms with Gasteiger partial charge < -0.3 is 9.32 Å². The highest BCUT2D eigenvalue weighted by atomic mass is 16.3. The largest absolute Gasteiger partial charge is 0.456 e. The molecule has 0 aliphatic carbocycles. The van der Waals surface area contributed by atoms with Crippen LogP contribution in [0, 0.1) is 0 Å². The van der Waals surface area contributed by atoms with E-state index < -0.39 is 0 Å². The summed E-state index contributed by atoms with van der Waals surface area (Å²) in [7, 11) is 0. The maximum atomic E-state index is 6.29. The Morgan fingerprint density at radius 2 is 0.850 bits per heavy atom. The number of furan rings is 1. The number of rotatable bonds is 8. The first-order chi connectivity index (χ1) is 29.7. The van der Waals surface area contributed by atoms with Gasteiger partial charge in [0.05, 0.1) is 5.69 Å². The highest BCUT2D eigenvalue weighted by molar-refractivity contribution is 6.07. The van der Waals surface area contributed by atoms with Gasteiger partial charge in [0, 0.05) is 27.7 Å². The van der Waals surface area contributed by atoms with Gasteiger partial charge in [-0.1, -0.05) is 188 Å². The number of para-hydroxylation sites is 1. The number of hydrogen-bond donors (Lipinski definition) is 0. The molecular weight excluding hydrogens is 727 g/mol. The number of anilines is 3. The zero-order valence-corrected chi connectivity index (χ0v) is 32.9. The Kier molecular flexibility index (Phi) is 8.87. The van der Waals surface area contributed by atoms with E-state index in [0.717, 1.165) is 44.9 Å². The molecule has 0 unspecified atom stereocenters. The normalized spacial score (nSPS) is 11.3. The average Bonchev–Trinajstić information content (AvgIpc) is 3.77. The zero-order chi connectivity index (χ0) is 39.8. The molecule has 0 aliphatic rings. The lowest BCUT2D eigenvalue weighted by atomic mass is 9.89. The summed E-state index contributed by atoms with van der Waals surface area (Å²) in [6.45, 7) is 0. The van der Waals surface area contributed by atoms with Crippen LogP contribution in [0.1, 0.15) is 0 Å². The summed E-state index contributed by atoms with van der Waals surface area (Å²) in [6, 6.07) is 84.9. The molecule has 0 saturated carbocycles. The second-order valence-corrected chi connectivity index (χ2v) is 15.3. The van der Waals surface area contributed by atoms with Crippen molar-refractivity contribution >= 4 is 49.6 Å². The number of hydrogen-bond acceptors (Lipinski definition) is 2. The smallest absolute Gasteiger partial charge is 0.135 e. The second-order valence-electron chi connectivity index (χ2n) is 15.3. The predicted octanol–water partition coefficient (Wildman–Crippen LogP) is 16.5. The standard InChI is InChI=1S/C58H39NO/c1-2-16-41(17-3-1)49-22-7-9-24-52(49)53-25-10-8-23-50(53)42-30-32-47(33-31-42)59(48-34-29-40-15-4-5-18-43(40)38-48)56-36-35-51(54-26-11-12-27-55(54)56)44-20-14-21-45(37-44)58-39-46-19-6-13-28-57(46)60-58/h1-39H. The third-order valence-corrected chi connectivity index (χ3v) is 11.7. The van der Waals surface area contributed by atoms with Crippen LogP contribution in [0.4, 0.5) is 17.1 Å². The summed E-state index contributed by atoms with van der Waals surface area (Å²) in [6.07, 6.45) is 0. The van der Waals surface area contributed by atoms with E-state index in [0.29, 0.717) is 0 Å². The van der Waals surface area contributed by atoms with Crippen LogP contribution in [0.2, 0.25) is 0 Å². The Hall–Kier alpha value is -7.94. The third kappa shape index (κ3) is 6.41. The van der Waals surface area contributed by atoms with Gasteiger partial charge in [0.15, 0.2) is 0 Å². The van der Waals surface area contributed by atoms with Crippen LogP contribution in [-0.2, 0) is 0 Å². The molecule has 1 aromatic heterocycles. The summed E-state index contributed by atoms with van der Waals surface area (Å²) in [4.78, 5) is 2.41. The summed E-state index contributed by atoms with van der Waals surface area (Å²) >= 11 is 0. The minimum Gasteiger partial charge on any atom is -0.456 e. The van der Waals surface area contributed by atoms with Crippen LogP contribution in [0.5, 0.6) is 0 Å². The Morgan fingerprint density at radius 3 is 1.60 bits per heavy atom. The minimum absolute atomic E-state index is 0.868. The van der Waals surface area contributed by atoms with E-state index in [2.05, 4.69) is 223 Å². The summed E-state index contributed by atoms with van der Waals surface area (Å²) in [5.41, 5.74) is 14.8. The van der Waals surface area contributed by atoms with Crippen LogP contribution >= 0.6 is 0 Å². The van der Waals surface area contributed by atoms with Crippen molar-refractivity contribution in [1.29, 1.82) is 0 Å². The minimum atomic E-state index is 0.868. The van der Waals surface area contributed by atoms with Crippen molar-refractivity contribution < 1.29 is 4.42 Å². The average molecular weight is 766 g/mol.